The fraction of sp³-hybridized carbons (Fsp3) is 0.208. The number of nitrogens with two attached hydrogens (primary N) is 1. The maximum atomic E-state index is 12.8. The number of hydrogen-bond acceptors (Lipinski definition) is 4. The molecule has 0 aliphatic heterocycles. The van der Waals surface area contributed by atoms with E-state index in [9.17, 15) is 18.0 Å². The van der Waals surface area contributed by atoms with Crippen molar-refractivity contribution in [2.24, 2.45) is 12.8 Å². The van der Waals surface area contributed by atoms with Crippen LogP contribution in [0.5, 0.6) is 0 Å². The highest BCUT2D eigenvalue weighted by atomic mass is 19.4. The smallest absolute Gasteiger partial charge is 0.475 e. The molecule has 12 heteroatoms. The Kier molecular flexibility index (Phi) is 6.71. The highest BCUT2D eigenvalue weighted by Gasteiger charge is 2.38. The summed E-state index contributed by atoms with van der Waals surface area (Å²) in [5.74, 6) is -2.15. The fourth-order valence-corrected chi connectivity index (χ4v) is 4.07. The van der Waals surface area contributed by atoms with Gasteiger partial charge in [-0.05, 0) is 25.1 Å². The van der Waals surface area contributed by atoms with E-state index in [2.05, 4.69) is 37.5 Å². The molecule has 5 rings (SSSR count). The summed E-state index contributed by atoms with van der Waals surface area (Å²) in [5.41, 5.74) is 9.37. The first-order valence-corrected chi connectivity index (χ1v) is 10.9. The second kappa shape index (κ2) is 9.74. The summed E-state index contributed by atoms with van der Waals surface area (Å²) in [6.45, 7) is 1.42. The molecule has 0 saturated heterocycles. The number of benzene rings is 2. The fourth-order valence-electron chi connectivity index (χ4n) is 4.07. The number of para-hydroxylation sites is 2. The van der Waals surface area contributed by atoms with Gasteiger partial charge in [0.05, 0.1) is 11.2 Å². The van der Waals surface area contributed by atoms with Gasteiger partial charge < -0.3 is 20.0 Å². The molecule has 0 amide bonds. The number of hydrogen-bond donors (Lipinski definition) is 3. The molecule has 188 valence electrons. The Bertz CT molecular complexity index is 1590. The van der Waals surface area contributed by atoms with Crippen molar-refractivity contribution in [3.63, 3.8) is 0 Å². The van der Waals surface area contributed by atoms with E-state index in [1.807, 2.05) is 49.8 Å². The highest BCUT2D eigenvalue weighted by Crippen LogP contribution is 2.32. The van der Waals surface area contributed by atoms with Crippen LogP contribution in [0.3, 0.4) is 0 Å². The lowest BCUT2D eigenvalue weighted by atomic mass is 10.1. The van der Waals surface area contributed by atoms with E-state index in [1.54, 1.807) is 4.57 Å². The Hall–Kier alpha value is -4.32. The standard InChI is InChI=1S/C22H22N6O.C2HF3O2/c1-26-13-17(15-7-2-4-9-18(15)26)21-24-25-22(29)28(21)20-14-27(12-6-11-23)19-10-5-3-8-16(19)20;3-2(4,5)1(6)7/h2-5,7-10,13-14H,6,11-12,23H2,1H3,(H,25,29);(H,6,7). The first-order chi connectivity index (χ1) is 17.1. The zero-order valence-electron chi connectivity index (χ0n) is 19.2. The predicted octanol–water partition coefficient (Wildman–Crippen LogP) is 3.66. The summed E-state index contributed by atoms with van der Waals surface area (Å²) in [5, 5.41) is 16.2. The molecule has 0 radical (unpaired) electrons. The number of aromatic amines is 1. The molecule has 2 aromatic carbocycles. The molecule has 36 heavy (non-hydrogen) atoms. The first kappa shape index (κ1) is 24.8. The van der Waals surface area contributed by atoms with E-state index in [0.717, 1.165) is 46.0 Å². The number of carboxylic acids is 1. The van der Waals surface area contributed by atoms with E-state index in [0.29, 0.717) is 12.4 Å². The van der Waals surface area contributed by atoms with Gasteiger partial charge in [-0.3, -0.25) is 0 Å². The highest BCUT2D eigenvalue weighted by molar-refractivity contribution is 5.96. The van der Waals surface area contributed by atoms with Crippen molar-refractivity contribution in [3.05, 3.63) is 71.4 Å². The van der Waals surface area contributed by atoms with Crippen molar-refractivity contribution in [1.29, 1.82) is 0 Å². The Morgan fingerprint density at radius 2 is 1.67 bits per heavy atom. The molecular formula is C24H23F3N6O3. The largest absolute Gasteiger partial charge is 0.490 e. The summed E-state index contributed by atoms with van der Waals surface area (Å²) in [6.07, 6.45) is -0.176. The minimum atomic E-state index is -5.08. The molecule has 3 aromatic heterocycles. The quantitative estimate of drug-likeness (QED) is 0.340. The maximum Gasteiger partial charge on any atom is 0.490 e. The summed E-state index contributed by atoms with van der Waals surface area (Å²) in [4.78, 5) is 21.7. The van der Waals surface area contributed by atoms with Crippen LogP contribution in [0.2, 0.25) is 0 Å². The number of alkyl halides is 3. The lowest BCUT2D eigenvalue weighted by Gasteiger charge is -2.04. The average molecular weight is 500 g/mol. The number of fused-ring (bicyclic) bond motifs is 2. The van der Waals surface area contributed by atoms with E-state index < -0.39 is 12.1 Å². The minimum absolute atomic E-state index is 0.255. The number of aliphatic carboxylic acids is 1. The van der Waals surface area contributed by atoms with Gasteiger partial charge in [0.1, 0.15) is 0 Å². The van der Waals surface area contributed by atoms with Crippen LogP contribution in [-0.2, 0) is 18.4 Å². The van der Waals surface area contributed by atoms with Gasteiger partial charge >= 0.3 is 17.8 Å². The number of carbonyl (C=O) groups is 1. The summed E-state index contributed by atoms with van der Waals surface area (Å²) < 4.78 is 37.6. The van der Waals surface area contributed by atoms with Gasteiger partial charge in [-0.15, -0.1) is 0 Å². The van der Waals surface area contributed by atoms with Gasteiger partial charge in [-0.2, -0.15) is 18.3 Å². The molecule has 0 saturated carbocycles. The van der Waals surface area contributed by atoms with Crippen LogP contribution < -0.4 is 11.4 Å². The Morgan fingerprint density at radius 1 is 1.06 bits per heavy atom. The van der Waals surface area contributed by atoms with Crippen LogP contribution in [0.15, 0.2) is 65.7 Å². The van der Waals surface area contributed by atoms with Gasteiger partial charge in [0, 0.05) is 47.8 Å². The van der Waals surface area contributed by atoms with Gasteiger partial charge in [-0.1, -0.05) is 36.4 Å². The molecule has 0 atom stereocenters. The van der Waals surface area contributed by atoms with Crippen LogP contribution in [0, 0.1) is 0 Å². The van der Waals surface area contributed by atoms with Gasteiger partial charge in [0.15, 0.2) is 5.82 Å². The second-order valence-corrected chi connectivity index (χ2v) is 8.03. The molecule has 0 fully saturated rings. The van der Waals surface area contributed by atoms with Crippen molar-refractivity contribution in [1.82, 2.24) is 23.9 Å². The SMILES string of the molecule is Cn1cc(-c2n[nH]c(=O)n2-c2cn(CCCN)c3ccccc23)c2ccccc21.O=C(O)C(F)(F)F. The first-order valence-electron chi connectivity index (χ1n) is 10.9. The van der Waals surface area contributed by atoms with Gasteiger partial charge in [0.2, 0.25) is 0 Å². The molecule has 4 N–H and O–H groups in total. The van der Waals surface area contributed by atoms with E-state index in [1.165, 1.54) is 0 Å². The number of carboxylic acid groups (broad SMARTS) is 1. The third kappa shape index (κ3) is 4.62. The number of nitrogens with zero attached hydrogens (tertiary/aromatic N) is 4. The number of halogens is 3. The summed E-state index contributed by atoms with van der Waals surface area (Å²) >= 11 is 0. The normalized spacial score (nSPS) is 11.6. The zero-order valence-corrected chi connectivity index (χ0v) is 19.2. The zero-order chi connectivity index (χ0) is 26.0. The van der Waals surface area contributed by atoms with Crippen molar-refractivity contribution in [2.45, 2.75) is 19.1 Å². The monoisotopic (exact) mass is 500 g/mol. The Labute approximate surface area is 202 Å². The summed E-state index contributed by atoms with van der Waals surface area (Å²) in [7, 11) is 2.00. The number of rotatable bonds is 5. The second-order valence-electron chi connectivity index (χ2n) is 8.03. The minimum Gasteiger partial charge on any atom is -0.475 e. The van der Waals surface area contributed by atoms with Crippen molar-refractivity contribution < 1.29 is 23.1 Å². The van der Waals surface area contributed by atoms with Gasteiger partial charge in [0.25, 0.3) is 0 Å². The third-order valence-electron chi connectivity index (χ3n) is 5.66. The Morgan fingerprint density at radius 3 is 2.31 bits per heavy atom. The third-order valence-corrected chi connectivity index (χ3v) is 5.66. The number of nitrogens with one attached hydrogen (secondary N) is 1. The molecular weight excluding hydrogens is 477 g/mol. The molecule has 0 aliphatic rings. The number of aryl methyl sites for hydroxylation is 2. The van der Waals surface area contributed by atoms with Crippen molar-refractivity contribution in [3.8, 4) is 17.1 Å². The lowest BCUT2D eigenvalue weighted by molar-refractivity contribution is -0.192. The number of aromatic nitrogens is 5. The average Bonchev–Trinajstić information content (AvgIpc) is 3.51. The lowest BCUT2D eigenvalue weighted by Crippen LogP contribution is -2.21. The number of H-pyrrole nitrogens is 1. The van der Waals surface area contributed by atoms with E-state index in [-0.39, 0.29) is 5.69 Å². The molecule has 0 unspecified atom stereocenters. The molecule has 9 nitrogen and oxygen atoms in total. The van der Waals surface area contributed by atoms with E-state index in [4.69, 9.17) is 15.6 Å². The van der Waals surface area contributed by atoms with Gasteiger partial charge in [-0.25, -0.2) is 19.3 Å². The maximum absolute atomic E-state index is 12.8. The molecule has 0 bridgehead atoms. The van der Waals surface area contributed by atoms with E-state index >= 15 is 0 Å². The molecule has 0 aliphatic carbocycles. The van der Waals surface area contributed by atoms with Crippen molar-refractivity contribution in [2.75, 3.05) is 6.54 Å². The van der Waals surface area contributed by atoms with Crippen LogP contribution in [-0.4, -0.2) is 47.7 Å². The van der Waals surface area contributed by atoms with Crippen LogP contribution in [0.4, 0.5) is 13.2 Å². The van der Waals surface area contributed by atoms with Crippen LogP contribution in [0.25, 0.3) is 38.9 Å². The Balaban J connectivity index is 0.000000384. The predicted molar refractivity (Wildman–Crippen MR) is 129 cm³/mol. The van der Waals surface area contributed by atoms with Crippen LogP contribution >= 0.6 is 0 Å². The van der Waals surface area contributed by atoms with Crippen LogP contribution in [0.1, 0.15) is 6.42 Å². The topological polar surface area (TPSA) is 124 Å². The molecule has 3 heterocycles. The summed E-state index contributed by atoms with van der Waals surface area (Å²) in [6, 6.07) is 16.2. The van der Waals surface area contributed by atoms with Crippen molar-refractivity contribution >= 4 is 27.8 Å². The molecule has 0 spiro atoms. The molecule has 5 aromatic rings.